The molecule has 0 atom stereocenters. The Labute approximate surface area is 191 Å². The standard InChI is InChI=1S/C25H25N3O5/c1-14(2)22(29)27-18-11-9-17(10-12-18)19-7-6-8-20-21(19)13-28(24(20)31)16(4)23(30)26-15(3)25(32)33-5/h6-12,14H,3-4,13H2,1-2,5H3,(H,26,30)(H,27,29). The molecule has 0 saturated heterocycles. The summed E-state index contributed by atoms with van der Waals surface area (Å²) in [6, 6.07) is 12.7. The fourth-order valence-corrected chi connectivity index (χ4v) is 3.35. The third-order valence-electron chi connectivity index (χ3n) is 5.24. The van der Waals surface area contributed by atoms with Crippen LogP contribution >= 0.6 is 0 Å². The minimum absolute atomic E-state index is 0.0729. The van der Waals surface area contributed by atoms with Gasteiger partial charge in [-0.15, -0.1) is 0 Å². The second-order valence-corrected chi connectivity index (χ2v) is 7.82. The quantitative estimate of drug-likeness (QED) is 0.501. The second-order valence-electron chi connectivity index (χ2n) is 7.82. The number of rotatable bonds is 7. The minimum Gasteiger partial charge on any atom is -0.464 e. The summed E-state index contributed by atoms with van der Waals surface area (Å²) < 4.78 is 4.51. The molecule has 3 rings (SSSR count). The highest BCUT2D eigenvalue weighted by Crippen LogP contribution is 2.34. The first-order valence-electron chi connectivity index (χ1n) is 10.3. The van der Waals surface area contributed by atoms with E-state index in [1.165, 1.54) is 12.0 Å². The van der Waals surface area contributed by atoms with Gasteiger partial charge in [-0.05, 0) is 34.9 Å². The van der Waals surface area contributed by atoms with Crippen molar-refractivity contribution in [1.29, 1.82) is 0 Å². The van der Waals surface area contributed by atoms with E-state index in [1.807, 2.05) is 32.0 Å². The van der Waals surface area contributed by atoms with E-state index in [1.54, 1.807) is 24.3 Å². The number of benzene rings is 2. The summed E-state index contributed by atoms with van der Waals surface area (Å²) in [6.45, 7) is 11.0. The molecule has 0 unspecified atom stereocenters. The van der Waals surface area contributed by atoms with Gasteiger partial charge in [0.15, 0.2) is 0 Å². The number of hydrogen-bond donors (Lipinski definition) is 2. The molecule has 8 heteroatoms. The zero-order chi connectivity index (χ0) is 24.3. The Morgan fingerprint density at radius 3 is 2.27 bits per heavy atom. The predicted molar refractivity (Wildman–Crippen MR) is 124 cm³/mol. The van der Waals surface area contributed by atoms with E-state index in [-0.39, 0.29) is 35.7 Å². The average Bonchev–Trinajstić information content (AvgIpc) is 3.14. The van der Waals surface area contributed by atoms with Crippen molar-refractivity contribution in [3.63, 3.8) is 0 Å². The van der Waals surface area contributed by atoms with Crippen LogP contribution in [-0.2, 0) is 25.7 Å². The summed E-state index contributed by atoms with van der Waals surface area (Å²) >= 11 is 0. The number of hydrogen-bond acceptors (Lipinski definition) is 5. The number of carbonyl (C=O) groups excluding carboxylic acids is 4. The number of anilines is 1. The van der Waals surface area contributed by atoms with Crippen molar-refractivity contribution in [1.82, 2.24) is 10.2 Å². The number of amides is 3. The number of methoxy groups -OCH3 is 1. The Kier molecular flexibility index (Phi) is 6.77. The van der Waals surface area contributed by atoms with Crippen molar-refractivity contribution in [2.24, 2.45) is 5.92 Å². The van der Waals surface area contributed by atoms with Gasteiger partial charge in [0.05, 0.1) is 13.7 Å². The van der Waals surface area contributed by atoms with Gasteiger partial charge in [0, 0.05) is 17.2 Å². The molecule has 2 aromatic carbocycles. The summed E-state index contributed by atoms with van der Waals surface area (Å²) in [5, 5.41) is 5.14. The van der Waals surface area contributed by atoms with Gasteiger partial charge in [-0.25, -0.2) is 4.79 Å². The van der Waals surface area contributed by atoms with Crippen LogP contribution in [0.4, 0.5) is 5.69 Å². The molecule has 1 heterocycles. The maximum absolute atomic E-state index is 13.0. The number of esters is 1. The number of nitrogens with one attached hydrogen (secondary N) is 2. The number of nitrogens with zero attached hydrogens (tertiary/aromatic N) is 1. The van der Waals surface area contributed by atoms with E-state index in [4.69, 9.17) is 0 Å². The zero-order valence-electron chi connectivity index (χ0n) is 18.7. The lowest BCUT2D eigenvalue weighted by Gasteiger charge is -2.18. The second kappa shape index (κ2) is 9.52. The van der Waals surface area contributed by atoms with Crippen molar-refractivity contribution in [3.05, 3.63) is 78.1 Å². The molecule has 1 aliphatic heterocycles. The molecule has 8 nitrogen and oxygen atoms in total. The monoisotopic (exact) mass is 447 g/mol. The lowest BCUT2D eigenvalue weighted by molar-refractivity contribution is -0.137. The van der Waals surface area contributed by atoms with E-state index in [0.717, 1.165) is 16.7 Å². The molecule has 0 aliphatic carbocycles. The van der Waals surface area contributed by atoms with Crippen LogP contribution in [-0.4, -0.2) is 35.7 Å². The van der Waals surface area contributed by atoms with Crippen LogP contribution in [0, 0.1) is 5.92 Å². The van der Waals surface area contributed by atoms with Gasteiger partial charge in [-0.3, -0.25) is 19.3 Å². The summed E-state index contributed by atoms with van der Waals surface area (Å²) in [5.41, 5.74) is 3.22. The van der Waals surface area contributed by atoms with E-state index in [0.29, 0.717) is 11.3 Å². The average molecular weight is 447 g/mol. The highest BCUT2D eigenvalue weighted by Gasteiger charge is 2.33. The highest BCUT2D eigenvalue weighted by molar-refractivity contribution is 6.07. The highest BCUT2D eigenvalue weighted by atomic mass is 16.5. The Morgan fingerprint density at radius 2 is 1.67 bits per heavy atom. The smallest absolute Gasteiger partial charge is 0.353 e. The largest absolute Gasteiger partial charge is 0.464 e. The SMILES string of the molecule is C=C(NC(=O)C(=C)N1Cc2c(cccc2-c2ccc(NC(=O)C(C)C)cc2)C1=O)C(=O)OC. The summed E-state index contributed by atoms with van der Waals surface area (Å²) in [6.07, 6.45) is 0. The van der Waals surface area contributed by atoms with Crippen molar-refractivity contribution in [2.45, 2.75) is 20.4 Å². The van der Waals surface area contributed by atoms with E-state index in [9.17, 15) is 19.2 Å². The third kappa shape index (κ3) is 4.85. The Balaban J connectivity index is 1.81. The van der Waals surface area contributed by atoms with Crippen LogP contribution in [0.2, 0.25) is 0 Å². The summed E-state index contributed by atoms with van der Waals surface area (Å²) in [7, 11) is 1.17. The van der Waals surface area contributed by atoms with E-state index < -0.39 is 11.9 Å². The van der Waals surface area contributed by atoms with Gasteiger partial charge in [0.25, 0.3) is 11.8 Å². The molecule has 0 fully saturated rings. The fourth-order valence-electron chi connectivity index (χ4n) is 3.35. The Bertz CT molecular complexity index is 1170. The molecule has 0 radical (unpaired) electrons. The van der Waals surface area contributed by atoms with Gasteiger partial charge < -0.3 is 15.4 Å². The van der Waals surface area contributed by atoms with Gasteiger partial charge in [0.2, 0.25) is 5.91 Å². The predicted octanol–water partition coefficient (Wildman–Crippen LogP) is 3.22. The molecular weight excluding hydrogens is 422 g/mol. The summed E-state index contributed by atoms with van der Waals surface area (Å²) in [5.74, 6) is -2.08. The molecule has 0 saturated carbocycles. The van der Waals surface area contributed by atoms with Crippen molar-refractivity contribution < 1.29 is 23.9 Å². The van der Waals surface area contributed by atoms with Gasteiger partial charge in [-0.1, -0.05) is 51.3 Å². The summed E-state index contributed by atoms with van der Waals surface area (Å²) in [4.78, 5) is 50.1. The Hall–Kier alpha value is -4.20. The molecule has 0 spiro atoms. The first-order valence-corrected chi connectivity index (χ1v) is 10.3. The van der Waals surface area contributed by atoms with Crippen molar-refractivity contribution in [3.8, 4) is 11.1 Å². The maximum Gasteiger partial charge on any atom is 0.353 e. The fraction of sp³-hybridized carbons (Fsp3) is 0.200. The van der Waals surface area contributed by atoms with Crippen molar-refractivity contribution >= 4 is 29.4 Å². The van der Waals surface area contributed by atoms with Crippen LogP contribution in [0.15, 0.2) is 67.0 Å². The maximum atomic E-state index is 13.0. The topological polar surface area (TPSA) is 105 Å². The first kappa shape index (κ1) is 23.5. The van der Waals surface area contributed by atoms with Crippen LogP contribution in [0.3, 0.4) is 0 Å². The van der Waals surface area contributed by atoms with Crippen LogP contribution in [0.25, 0.3) is 11.1 Å². The number of fused-ring (bicyclic) bond motifs is 1. The van der Waals surface area contributed by atoms with Gasteiger partial charge >= 0.3 is 5.97 Å². The van der Waals surface area contributed by atoms with Gasteiger partial charge in [0.1, 0.15) is 11.4 Å². The Morgan fingerprint density at radius 1 is 1.03 bits per heavy atom. The molecule has 2 N–H and O–H groups in total. The third-order valence-corrected chi connectivity index (χ3v) is 5.24. The molecule has 3 amide bonds. The van der Waals surface area contributed by atoms with Gasteiger partial charge in [-0.2, -0.15) is 0 Å². The lowest BCUT2D eigenvalue weighted by atomic mass is 9.97. The van der Waals surface area contributed by atoms with Crippen LogP contribution in [0.1, 0.15) is 29.8 Å². The molecule has 0 bridgehead atoms. The molecule has 33 heavy (non-hydrogen) atoms. The minimum atomic E-state index is -0.789. The zero-order valence-corrected chi connectivity index (χ0v) is 18.7. The molecule has 1 aliphatic rings. The molecule has 0 aromatic heterocycles. The molecule has 2 aromatic rings. The first-order chi connectivity index (χ1) is 15.6. The number of carbonyl (C=O) groups is 4. The molecular formula is C25H25N3O5. The van der Waals surface area contributed by atoms with E-state index in [2.05, 4.69) is 28.5 Å². The lowest BCUT2D eigenvalue weighted by Crippen LogP contribution is -2.36. The number of ether oxygens (including phenoxy) is 1. The normalized spacial score (nSPS) is 12.2. The van der Waals surface area contributed by atoms with Crippen LogP contribution < -0.4 is 10.6 Å². The van der Waals surface area contributed by atoms with E-state index >= 15 is 0 Å². The molecule has 170 valence electrons. The van der Waals surface area contributed by atoms with Crippen LogP contribution in [0.5, 0.6) is 0 Å². The van der Waals surface area contributed by atoms with Crippen molar-refractivity contribution in [2.75, 3.05) is 12.4 Å².